The highest BCUT2D eigenvalue weighted by Crippen LogP contribution is 2.21. The Morgan fingerprint density at radius 1 is 1.22 bits per heavy atom. The molecule has 0 radical (unpaired) electrons. The summed E-state index contributed by atoms with van der Waals surface area (Å²) in [5.41, 5.74) is 0. The number of amides is 1. The van der Waals surface area contributed by atoms with Gasteiger partial charge in [-0.3, -0.25) is 4.79 Å². The Hall–Kier alpha value is -2.32. The number of hydrogen-bond donors (Lipinski definition) is 1. The number of ether oxygens (including phenoxy) is 1. The fourth-order valence-corrected chi connectivity index (χ4v) is 3.61. The van der Waals surface area contributed by atoms with E-state index in [9.17, 15) is 13.2 Å². The van der Waals surface area contributed by atoms with Crippen LogP contribution in [-0.4, -0.2) is 44.6 Å². The van der Waals surface area contributed by atoms with Crippen LogP contribution in [0.4, 0.5) is 0 Å². The highest BCUT2D eigenvalue weighted by Gasteiger charge is 2.29. The van der Waals surface area contributed by atoms with Gasteiger partial charge in [0, 0.05) is 19.1 Å². The molecule has 2 aromatic rings. The van der Waals surface area contributed by atoms with Crippen molar-refractivity contribution in [2.45, 2.75) is 31.9 Å². The third-order valence-corrected chi connectivity index (χ3v) is 5.16. The van der Waals surface area contributed by atoms with E-state index < -0.39 is 10.0 Å². The lowest BCUT2D eigenvalue weighted by atomic mass is 10.0. The lowest BCUT2D eigenvalue weighted by Crippen LogP contribution is -2.49. The second kappa shape index (κ2) is 8.58. The number of rotatable bonds is 7. The molecule has 27 heavy (non-hydrogen) atoms. The minimum atomic E-state index is -3.29. The molecular weight excluding hydrogens is 368 g/mol. The zero-order valence-electron chi connectivity index (χ0n) is 15.3. The summed E-state index contributed by atoms with van der Waals surface area (Å²) in [7, 11) is -3.29. The van der Waals surface area contributed by atoms with Crippen LogP contribution < -0.4 is 9.46 Å². The number of para-hydroxylation sites is 1. The van der Waals surface area contributed by atoms with Crippen molar-refractivity contribution in [1.29, 1.82) is 0 Å². The number of likely N-dealkylation sites (tertiary alicyclic amines) is 1. The van der Waals surface area contributed by atoms with Gasteiger partial charge >= 0.3 is 0 Å². The molecule has 0 bridgehead atoms. The van der Waals surface area contributed by atoms with Crippen molar-refractivity contribution in [1.82, 2.24) is 9.62 Å². The van der Waals surface area contributed by atoms with E-state index in [1.807, 2.05) is 30.3 Å². The Morgan fingerprint density at radius 2 is 2.00 bits per heavy atom. The number of sulfonamides is 1. The SMILES string of the molecule is CS(=O)(=O)NCC1CCCCN1C(=O)c1ccc(COc2ccccc2)o1. The van der Waals surface area contributed by atoms with Crippen LogP contribution in [0, 0.1) is 0 Å². The first-order valence-corrected chi connectivity index (χ1v) is 10.8. The van der Waals surface area contributed by atoms with E-state index in [2.05, 4.69) is 4.72 Å². The standard InChI is InChI=1S/C19H24N2O5S/c1-27(23,24)20-13-15-7-5-6-12-21(15)19(22)18-11-10-17(26-18)14-25-16-8-3-2-4-9-16/h2-4,8-11,15,20H,5-7,12-14H2,1H3. The smallest absolute Gasteiger partial charge is 0.289 e. The largest absolute Gasteiger partial charge is 0.486 e. The van der Waals surface area contributed by atoms with Crippen molar-refractivity contribution in [2.75, 3.05) is 19.3 Å². The first kappa shape index (κ1) is 19.4. The molecule has 1 N–H and O–H groups in total. The van der Waals surface area contributed by atoms with Gasteiger partial charge in [0.05, 0.1) is 6.26 Å². The van der Waals surface area contributed by atoms with Gasteiger partial charge in [-0.2, -0.15) is 0 Å². The number of carbonyl (C=O) groups excluding carboxylic acids is 1. The molecule has 8 heteroatoms. The number of piperidine rings is 1. The number of nitrogens with zero attached hydrogens (tertiary/aromatic N) is 1. The molecule has 1 atom stereocenters. The topological polar surface area (TPSA) is 88.9 Å². The predicted octanol–water partition coefficient (Wildman–Crippen LogP) is 2.40. The van der Waals surface area contributed by atoms with E-state index in [1.54, 1.807) is 17.0 Å². The van der Waals surface area contributed by atoms with Gasteiger partial charge in [0.2, 0.25) is 10.0 Å². The number of carbonyl (C=O) groups is 1. The Kier molecular flexibility index (Phi) is 6.18. The van der Waals surface area contributed by atoms with Crippen LogP contribution in [0.25, 0.3) is 0 Å². The highest BCUT2D eigenvalue weighted by molar-refractivity contribution is 7.88. The second-order valence-electron chi connectivity index (χ2n) is 6.64. The molecule has 7 nitrogen and oxygen atoms in total. The van der Waals surface area contributed by atoms with Crippen molar-refractivity contribution in [3.8, 4) is 5.75 Å². The summed E-state index contributed by atoms with van der Waals surface area (Å²) in [4.78, 5) is 14.5. The summed E-state index contributed by atoms with van der Waals surface area (Å²) >= 11 is 0. The normalized spacial score (nSPS) is 17.7. The summed E-state index contributed by atoms with van der Waals surface area (Å²) in [5.74, 6) is 1.31. The quantitative estimate of drug-likeness (QED) is 0.782. The summed E-state index contributed by atoms with van der Waals surface area (Å²) in [6, 6.07) is 12.6. The summed E-state index contributed by atoms with van der Waals surface area (Å²) in [6.45, 7) is 1.04. The predicted molar refractivity (Wildman–Crippen MR) is 101 cm³/mol. The number of nitrogens with one attached hydrogen (secondary N) is 1. The van der Waals surface area contributed by atoms with Crippen molar-refractivity contribution < 1.29 is 22.4 Å². The first-order chi connectivity index (χ1) is 12.9. The Morgan fingerprint density at radius 3 is 2.74 bits per heavy atom. The lowest BCUT2D eigenvalue weighted by Gasteiger charge is -2.35. The fraction of sp³-hybridized carbons (Fsp3) is 0.421. The van der Waals surface area contributed by atoms with Crippen molar-refractivity contribution in [3.63, 3.8) is 0 Å². The van der Waals surface area contributed by atoms with E-state index in [0.29, 0.717) is 12.3 Å². The van der Waals surface area contributed by atoms with E-state index in [1.165, 1.54) is 0 Å². The molecule has 1 unspecified atom stereocenters. The minimum absolute atomic E-state index is 0.171. The van der Waals surface area contributed by atoms with Gasteiger partial charge in [0.15, 0.2) is 5.76 Å². The molecule has 0 spiro atoms. The van der Waals surface area contributed by atoms with Crippen LogP contribution in [0.5, 0.6) is 5.75 Å². The van der Waals surface area contributed by atoms with E-state index in [0.717, 1.165) is 31.3 Å². The molecule has 1 aromatic carbocycles. The minimum Gasteiger partial charge on any atom is -0.486 e. The molecule has 1 aromatic heterocycles. The Labute approximate surface area is 159 Å². The monoisotopic (exact) mass is 392 g/mol. The molecule has 2 heterocycles. The maximum absolute atomic E-state index is 12.8. The average molecular weight is 392 g/mol. The van der Waals surface area contributed by atoms with Gasteiger partial charge in [0.1, 0.15) is 18.1 Å². The molecule has 146 valence electrons. The molecule has 3 rings (SSSR count). The van der Waals surface area contributed by atoms with Crippen LogP contribution >= 0.6 is 0 Å². The maximum Gasteiger partial charge on any atom is 0.289 e. The van der Waals surface area contributed by atoms with E-state index >= 15 is 0 Å². The summed E-state index contributed by atoms with van der Waals surface area (Å²) in [6.07, 6.45) is 3.74. The van der Waals surface area contributed by atoms with Crippen LogP contribution in [0.15, 0.2) is 46.9 Å². The third-order valence-electron chi connectivity index (χ3n) is 4.47. The Balaban J connectivity index is 1.62. The van der Waals surface area contributed by atoms with Gasteiger partial charge in [-0.25, -0.2) is 13.1 Å². The lowest BCUT2D eigenvalue weighted by molar-refractivity contribution is 0.0582. The fourth-order valence-electron chi connectivity index (χ4n) is 3.11. The molecule has 1 saturated heterocycles. The van der Waals surface area contributed by atoms with Crippen molar-refractivity contribution in [3.05, 3.63) is 54.0 Å². The molecule has 1 fully saturated rings. The van der Waals surface area contributed by atoms with Crippen LogP contribution in [0.3, 0.4) is 0 Å². The van der Waals surface area contributed by atoms with Crippen LogP contribution in [0.1, 0.15) is 35.6 Å². The number of furan rings is 1. The molecule has 1 aliphatic rings. The Bertz CT molecular complexity index is 863. The molecule has 1 aliphatic heterocycles. The molecule has 1 amide bonds. The number of benzene rings is 1. The molecule has 0 aliphatic carbocycles. The van der Waals surface area contributed by atoms with E-state index in [4.69, 9.17) is 9.15 Å². The van der Waals surface area contributed by atoms with Gasteiger partial charge < -0.3 is 14.1 Å². The first-order valence-electron chi connectivity index (χ1n) is 8.94. The highest BCUT2D eigenvalue weighted by atomic mass is 32.2. The third kappa shape index (κ3) is 5.58. The van der Waals surface area contributed by atoms with Crippen molar-refractivity contribution in [2.24, 2.45) is 0 Å². The zero-order chi connectivity index (χ0) is 19.3. The van der Waals surface area contributed by atoms with Gasteiger partial charge in [-0.15, -0.1) is 0 Å². The molecular formula is C19H24N2O5S. The van der Waals surface area contributed by atoms with Gasteiger partial charge in [0.25, 0.3) is 5.91 Å². The van der Waals surface area contributed by atoms with E-state index in [-0.39, 0.29) is 30.9 Å². The average Bonchev–Trinajstić information content (AvgIpc) is 3.14. The van der Waals surface area contributed by atoms with Crippen molar-refractivity contribution >= 4 is 15.9 Å². The maximum atomic E-state index is 12.8. The van der Waals surface area contributed by atoms with Crippen LogP contribution in [-0.2, 0) is 16.6 Å². The molecule has 0 saturated carbocycles. The summed E-state index contributed by atoms with van der Waals surface area (Å²) in [5, 5.41) is 0. The van der Waals surface area contributed by atoms with Gasteiger partial charge in [-0.05, 0) is 43.5 Å². The van der Waals surface area contributed by atoms with Gasteiger partial charge in [-0.1, -0.05) is 18.2 Å². The number of hydrogen-bond acceptors (Lipinski definition) is 5. The summed E-state index contributed by atoms with van der Waals surface area (Å²) < 4.78 is 36.5. The second-order valence-corrected chi connectivity index (χ2v) is 8.47. The zero-order valence-corrected chi connectivity index (χ0v) is 16.1. The van der Waals surface area contributed by atoms with Crippen LogP contribution in [0.2, 0.25) is 0 Å².